The zero-order valence-corrected chi connectivity index (χ0v) is 9.20. The highest BCUT2D eigenvalue weighted by Gasteiger charge is 2.18. The highest BCUT2D eigenvalue weighted by molar-refractivity contribution is 7.52. The molecule has 0 aliphatic heterocycles. The second-order valence-corrected chi connectivity index (χ2v) is 4.96. The first-order valence-corrected chi connectivity index (χ1v) is 6.14. The van der Waals surface area contributed by atoms with Crippen LogP contribution in [0.15, 0.2) is 24.3 Å². The monoisotopic (exact) mass is 249 g/mol. The molecule has 0 bridgehead atoms. The van der Waals surface area contributed by atoms with E-state index in [2.05, 4.69) is 5.32 Å². The Morgan fingerprint density at radius 2 is 1.87 bits per heavy atom. The molecule has 0 spiro atoms. The van der Waals surface area contributed by atoms with Crippen molar-refractivity contribution in [3.8, 4) is 0 Å². The van der Waals surface area contributed by atoms with Crippen LogP contribution in [0.2, 0.25) is 5.02 Å². The van der Waals surface area contributed by atoms with E-state index in [1.54, 1.807) is 24.3 Å². The Kier molecular flexibility index (Phi) is 3.88. The normalized spacial score (nSPS) is 11.1. The molecule has 15 heavy (non-hydrogen) atoms. The molecular formula is C8H9ClNO4P. The smallest absolute Gasteiger partial charge is 0.326 e. The van der Waals surface area contributed by atoms with E-state index in [4.69, 9.17) is 21.4 Å². The van der Waals surface area contributed by atoms with Gasteiger partial charge in [-0.1, -0.05) is 11.6 Å². The second kappa shape index (κ2) is 4.77. The van der Waals surface area contributed by atoms with Crippen LogP contribution in [0.4, 0.5) is 5.69 Å². The lowest BCUT2D eigenvalue weighted by Crippen LogP contribution is -2.15. The number of anilines is 1. The number of carbonyl (C=O) groups excluding carboxylic acids is 1. The van der Waals surface area contributed by atoms with Gasteiger partial charge in [0, 0.05) is 10.7 Å². The summed E-state index contributed by atoms with van der Waals surface area (Å²) in [6.07, 6.45) is -0.824. The molecule has 0 radical (unpaired) electrons. The Morgan fingerprint density at radius 1 is 1.33 bits per heavy atom. The van der Waals surface area contributed by atoms with E-state index in [9.17, 15) is 9.36 Å². The van der Waals surface area contributed by atoms with Crippen molar-refractivity contribution in [1.82, 2.24) is 0 Å². The Hall–Kier alpha value is -0.870. The van der Waals surface area contributed by atoms with E-state index in [0.29, 0.717) is 10.7 Å². The summed E-state index contributed by atoms with van der Waals surface area (Å²) in [5.74, 6) is -0.731. The Bertz CT molecular complexity index is 400. The minimum Gasteiger partial charge on any atom is -0.326 e. The zero-order chi connectivity index (χ0) is 11.5. The van der Waals surface area contributed by atoms with Crippen LogP contribution in [-0.2, 0) is 9.36 Å². The third kappa shape index (κ3) is 4.95. The summed E-state index contributed by atoms with van der Waals surface area (Å²) in [5.41, 5.74) is 0.442. The molecule has 1 rings (SSSR count). The lowest BCUT2D eigenvalue weighted by molar-refractivity contribution is -0.114. The molecule has 82 valence electrons. The minimum absolute atomic E-state index is 0.442. The predicted molar refractivity (Wildman–Crippen MR) is 57.0 cm³/mol. The Labute approximate surface area is 91.2 Å². The molecule has 0 unspecified atom stereocenters. The summed E-state index contributed by atoms with van der Waals surface area (Å²) in [5, 5.41) is 2.85. The zero-order valence-electron chi connectivity index (χ0n) is 7.55. The van der Waals surface area contributed by atoms with Crippen molar-refractivity contribution in [1.29, 1.82) is 0 Å². The maximum Gasteiger partial charge on any atom is 0.334 e. The molecule has 5 nitrogen and oxygen atoms in total. The van der Waals surface area contributed by atoms with Crippen LogP contribution in [-0.4, -0.2) is 21.9 Å². The molecule has 0 atom stereocenters. The lowest BCUT2D eigenvalue weighted by Gasteiger charge is -2.05. The van der Waals surface area contributed by atoms with Gasteiger partial charge in [0.15, 0.2) is 0 Å². The van der Waals surface area contributed by atoms with Gasteiger partial charge in [0.2, 0.25) is 5.91 Å². The number of nitrogens with one attached hydrogen (secondary N) is 1. The summed E-state index contributed by atoms with van der Waals surface area (Å²) in [6.45, 7) is 0. The van der Waals surface area contributed by atoms with Crippen LogP contribution >= 0.6 is 19.2 Å². The third-order valence-corrected chi connectivity index (χ3v) is 2.43. The molecule has 0 aromatic heterocycles. The van der Waals surface area contributed by atoms with Crippen LogP contribution in [0.3, 0.4) is 0 Å². The van der Waals surface area contributed by atoms with Gasteiger partial charge in [-0.15, -0.1) is 0 Å². The van der Waals surface area contributed by atoms with Crippen LogP contribution in [0.1, 0.15) is 0 Å². The number of hydrogen-bond donors (Lipinski definition) is 3. The molecule has 3 N–H and O–H groups in total. The molecule has 0 heterocycles. The summed E-state index contributed by atoms with van der Waals surface area (Å²) in [4.78, 5) is 28.2. The molecule has 0 saturated carbocycles. The fraction of sp³-hybridized carbons (Fsp3) is 0.125. The first kappa shape index (κ1) is 12.2. The summed E-state index contributed by atoms with van der Waals surface area (Å²) in [6, 6.07) is 6.21. The van der Waals surface area contributed by atoms with E-state index in [-0.39, 0.29) is 0 Å². The number of amides is 1. The van der Waals surface area contributed by atoms with Gasteiger partial charge in [0.25, 0.3) is 0 Å². The lowest BCUT2D eigenvalue weighted by atomic mass is 10.3. The van der Waals surface area contributed by atoms with Crippen molar-refractivity contribution in [3.63, 3.8) is 0 Å². The van der Waals surface area contributed by atoms with Crippen molar-refractivity contribution >= 4 is 30.8 Å². The van der Waals surface area contributed by atoms with E-state index >= 15 is 0 Å². The van der Waals surface area contributed by atoms with Crippen LogP contribution in [0.5, 0.6) is 0 Å². The topological polar surface area (TPSA) is 86.6 Å². The molecule has 7 heteroatoms. The van der Waals surface area contributed by atoms with Crippen LogP contribution < -0.4 is 5.32 Å². The molecule has 0 saturated heterocycles. The first-order chi connectivity index (χ1) is 6.87. The first-order valence-electron chi connectivity index (χ1n) is 3.97. The summed E-state index contributed by atoms with van der Waals surface area (Å²) < 4.78 is 10.5. The number of halogens is 1. The molecule has 1 aromatic rings. The number of rotatable bonds is 3. The standard InChI is InChI=1S/C8H9ClNO4P/c9-6-1-3-7(4-2-6)10-8(11)5-15(12,13)14/h1-4H,5H2,(H,10,11)(H2,12,13,14). The van der Waals surface area contributed by atoms with Gasteiger partial charge in [0.05, 0.1) is 0 Å². The maximum atomic E-state index is 11.1. The van der Waals surface area contributed by atoms with Crippen molar-refractivity contribution in [2.45, 2.75) is 0 Å². The molecular weight excluding hydrogens is 241 g/mol. The average Bonchev–Trinajstić information content (AvgIpc) is 2.05. The second-order valence-electron chi connectivity index (χ2n) is 2.88. The molecule has 0 aliphatic rings. The third-order valence-electron chi connectivity index (χ3n) is 1.48. The number of hydrogen-bond acceptors (Lipinski definition) is 2. The minimum atomic E-state index is -4.31. The Morgan fingerprint density at radius 3 is 2.33 bits per heavy atom. The average molecular weight is 250 g/mol. The van der Waals surface area contributed by atoms with Crippen molar-refractivity contribution < 1.29 is 19.1 Å². The maximum absolute atomic E-state index is 11.1. The highest BCUT2D eigenvalue weighted by atomic mass is 35.5. The predicted octanol–water partition coefficient (Wildman–Crippen LogP) is 1.46. The van der Waals surface area contributed by atoms with Crippen molar-refractivity contribution in [3.05, 3.63) is 29.3 Å². The van der Waals surface area contributed by atoms with Gasteiger partial charge in [-0.05, 0) is 24.3 Å². The fourth-order valence-electron chi connectivity index (χ4n) is 0.921. The van der Waals surface area contributed by atoms with Crippen LogP contribution in [0, 0.1) is 0 Å². The molecule has 1 aromatic carbocycles. The van der Waals surface area contributed by atoms with E-state index in [1.165, 1.54) is 0 Å². The number of carbonyl (C=O) groups is 1. The number of benzene rings is 1. The quantitative estimate of drug-likeness (QED) is 0.708. The fourth-order valence-corrected chi connectivity index (χ4v) is 1.50. The van der Waals surface area contributed by atoms with Crippen molar-refractivity contribution in [2.75, 3.05) is 11.5 Å². The van der Waals surface area contributed by atoms with E-state index in [1.807, 2.05) is 0 Å². The van der Waals surface area contributed by atoms with Gasteiger partial charge in [0.1, 0.15) is 6.16 Å². The van der Waals surface area contributed by atoms with E-state index < -0.39 is 19.7 Å². The highest BCUT2D eigenvalue weighted by Crippen LogP contribution is 2.33. The largest absolute Gasteiger partial charge is 0.334 e. The summed E-state index contributed by atoms with van der Waals surface area (Å²) >= 11 is 5.62. The van der Waals surface area contributed by atoms with Gasteiger partial charge in [-0.25, -0.2) is 0 Å². The van der Waals surface area contributed by atoms with Gasteiger partial charge < -0.3 is 15.1 Å². The molecule has 0 aliphatic carbocycles. The van der Waals surface area contributed by atoms with E-state index in [0.717, 1.165) is 0 Å². The van der Waals surface area contributed by atoms with Crippen molar-refractivity contribution in [2.24, 2.45) is 0 Å². The molecule has 1 amide bonds. The van der Waals surface area contributed by atoms with Gasteiger partial charge in [-0.3, -0.25) is 9.36 Å². The van der Waals surface area contributed by atoms with Crippen LogP contribution in [0.25, 0.3) is 0 Å². The van der Waals surface area contributed by atoms with Gasteiger partial charge >= 0.3 is 7.60 Å². The molecule has 0 fully saturated rings. The van der Waals surface area contributed by atoms with Gasteiger partial charge in [-0.2, -0.15) is 0 Å². The summed E-state index contributed by atoms with van der Waals surface area (Å²) in [7, 11) is -4.31. The Balaban J connectivity index is 2.59. The SMILES string of the molecule is O=C(CP(=O)(O)O)Nc1ccc(Cl)cc1.